The summed E-state index contributed by atoms with van der Waals surface area (Å²) in [6, 6.07) is 7.45. The second kappa shape index (κ2) is 5.06. The molecule has 3 N–H and O–H groups in total. The van der Waals surface area contributed by atoms with Crippen molar-refractivity contribution >= 4 is 23.0 Å². The van der Waals surface area contributed by atoms with Gasteiger partial charge in [0.1, 0.15) is 0 Å². The fraction of sp³-hybridized carbons (Fsp3) is 0.154. The first-order valence-corrected chi connectivity index (χ1v) is 5.73. The standard InChI is InChI=1S/C13H14ClN3/c1-9-5-6-16-7-10(9)8-17-13-11(14)3-2-4-12(13)15/h2-7,17H,8,15H2,1H3. The van der Waals surface area contributed by atoms with Crippen LogP contribution in [-0.4, -0.2) is 4.98 Å². The van der Waals surface area contributed by atoms with E-state index in [9.17, 15) is 0 Å². The summed E-state index contributed by atoms with van der Waals surface area (Å²) in [5, 5.41) is 3.87. The predicted molar refractivity (Wildman–Crippen MR) is 72.2 cm³/mol. The molecule has 0 bridgehead atoms. The number of pyridine rings is 1. The first-order chi connectivity index (χ1) is 8.18. The molecule has 1 heterocycles. The average Bonchev–Trinajstić information content (AvgIpc) is 2.30. The molecule has 0 aliphatic heterocycles. The maximum absolute atomic E-state index is 6.08. The van der Waals surface area contributed by atoms with Gasteiger partial charge in [-0.05, 0) is 36.2 Å². The molecule has 0 saturated carbocycles. The summed E-state index contributed by atoms with van der Waals surface area (Å²) in [4.78, 5) is 4.10. The van der Waals surface area contributed by atoms with Gasteiger partial charge >= 0.3 is 0 Å². The Morgan fingerprint density at radius 1 is 1.35 bits per heavy atom. The minimum atomic E-state index is 0.631. The second-order valence-corrected chi connectivity index (χ2v) is 4.27. The van der Waals surface area contributed by atoms with Gasteiger partial charge in [-0.25, -0.2) is 0 Å². The molecule has 2 aromatic rings. The number of hydrogen-bond acceptors (Lipinski definition) is 3. The summed E-state index contributed by atoms with van der Waals surface area (Å²) < 4.78 is 0. The van der Waals surface area contributed by atoms with Crippen molar-refractivity contribution in [3.8, 4) is 0 Å². The number of para-hydroxylation sites is 1. The zero-order valence-corrected chi connectivity index (χ0v) is 10.3. The Morgan fingerprint density at radius 3 is 2.88 bits per heavy atom. The lowest BCUT2D eigenvalue weighted by Gasteiger charge is -2.12. The molecule has 0 aliphatic rings. The van der Waals surface area contributed by atoms with Crippen LogP contribution < -0.4 is 11.1 Å². The lowest BCUT2D eigenvalue weighted by atomic mass is 10.1. The van der Waals surface area contributed by atoms with E-state index in [1.807, 2.05) is 30.5 Å². The highest BCUT2D eigenvalue weighted by molar-refractivity contribution is 6.33. The van der Waals surface area contributed by atoms with Gasteiger partial charge in [0, 0.05) is 18.9 Å². The molecule has 2 rings (SSSR count). The minimum Gasteiger partial charge on any atom is -0.397 e. The van der Waals surface area contributed by atoms with E-state index in [2.05, 4.69) is 17.2 Å². The topological polar surface area (TPSA) is 50.9 Å². The first kappa shape index (κ1) is 11.7. The number of benzene rings is 1. The Kier molecular flexibility index (Phi) is 3.49. The van der Waals surface area contributed by atoms with Crippen LogP contribution in [-0.2, 0) is 6.54 Å². The third-order valence-corrected chi connectivity index (χ3v) is 2.96. The number of anilines is 2. The number of halogens is 1. The van der Waals surface area contributed by atoms with Crippen LogP contribution in [0.25, 0.3) is 0 Å². The van der Waals surface area contributed by atoms with Gasteiger partial charge in [0.25, 0.3) is 0 Å². The van der Waals surface area contributed by atoms with Crippen molar-refractivity contribution in [1.29, 1.82) is 0 Å². The summed E-state index contributed by atoms with van der Waals surface area (Å²) >= 11 is 6.08. The summed E-state index contributed by atoms with van der Waals surface area (Å²) in [5.74, 6) is 0. The van der Waals surface area contributed by atoms with E-state index >= 15 is 0 Å². The second-order valence-electron chi connectivity index (χ2n) is 3.86. The molecule has 0 fully saturated rings. The van der Waals surface area contributed by atoms with Crippen molar-refractivity contribution < 1.29 is 0 Å². The average molecular weight is 248 g/mol. The summed E-state index contributed by atoms with van der Waals surface area (Å²) in [6.07, 6.45) is 3.62. The van der Waals surface area contributed by atoms with Crippen LogP contribution in [0.1, 0.15) is 11.1 Å². The number of rotatable bonds is 3. The van der Waals surface area contributed by atoms with E-state index in [4.69, 9.17) is 17.3 Å². The highest BCUT2D eigenvalue weighted by Gasteiger charge is 2.04. The third kappa shape index (κ3) is 2.68. The SMILES string of the molecule is Cc1ccncc1CNc1c(N)cccc1Cl. The Morgan fingerprint density at radius 2 is 2.18 bits per heavy atom. The Labute approximate surface area is 106 Å². The number of nitrogens with one attached hydrogen (secondary N) is 1. The molecule has 0 aliphatic carbocycles. The third-order valence-electron chi connectivity index (χ3n) is 2.65. The summed E-state index contributed by atoms with van der Waals surface area (Å²) in [5.41, 5.74) is 9.61. The summed E-state index contributed by atoms with van der Waals surface area (Å²) in [7, 11) is 0. The quantitative estimate of drug-likeness (QED) is 0.819. The monoisotopic (exact) mass is 247 g/mol. The van der Waals surface area contributed by atoms with E-state index in [1.54, 1.807) is 6.20 Å². The number of hydrogen-bond donors (Lipinski definition) is 2. The fourth-order valence-electron chi connectivity index (χ4n) is 1.59. The van der Waals surface area contributed by atoms with E-state index in [0.717, 1.165) is 11.3 Å². The molecule has 0 radical (unpaired) electrons. The van der Waals surface area contributed by atoms with E-state index in [0.29, 0.717) is 17.3 Å². The molecular formula is C13H14ClN3. The van der Waals surface area contributed by atoms with Gasteiger partial charge < -0.3 is 11.1 Å². The molecule has 17 heavy (non-hydrogen) atoms. The lowest BCUT2D eigenvalue weighted by molar-refractivity contribution is 1.08. The Hall–Kier alpha value is -1.74. The van der Waals surface area contributed by atoms with Crippen LogP contribution in [0.2, 0.25) is 5.02 Å². The zero-order chi connectivity index (χ0) is 12.3. The van der Waals surface area contributed by atoms with E-state index in [1.165, 1.54) is 5.56 Å². The molecule has 4 heteroatoms. The fourth-order valence-corrected chi connectivity index (χ4v) is 1.84. The van der Waals surface area contributed by atoms with Crippen molar-refractivity contribution in [2.75, 3.05) is 11.1 Å². The number of nitrogen functional groups attached to an aromatic ring is 1. The molecule has 3 nitrogen and oxygen atoms in total. The molecule has 0 unspecified atom stereocenters. The van der Waals surface area contributed by atoms with Gasteiger partial charge in [0.05, 0.1) is 16.4 Å². The van der Waals surface area contributed by atoms with Gasteiger partial charge in [-0.3, -0.25) is 4.98 Å². The smallest absolute Gasteiger partial charge is 0.0765 e. The van der Waals surface area contributed by atoms with Crippen LogP contribution in [0.4, 0.5) is 11.4 Å². The maximum atomic E-state index is 6.08. The van der Waals surface area contributed by atoms with Gasteiger partial charge in [0.15, 0.2) is 0 Å². The summed E-state index contributed by atoms with van der Waals surface area (Å²) in [6.45, 7) is 2.71. The zero-order valence-electron chi connectivity index (χ0n) is 9.57. The number of aryl methyl sites for hydroxylation is 1. The molecular weight excluding hydrogens is 234 g/mol. The predicted octanol–water partition coefficient (Wildman–Crippen LogP) is 3.24. The van der Waals surface area contributed by atoms with Crippen molar-refractivity contribution in [3.63, 3.8) is 0 Å². The van der Waals surface area contributed by atoms with Crippen LogP contribution in [0.3, 0.4) is 0 Å². The maximum Gasteiger partial charge on any atom is 0.0765 e. The van der Waals surface area contributed by atoms with Gasteiger partial charge in [0.2, 0.25) is 0 Å². The molecule has 1 aromatic heterocycles. The minimum absolute atomic E-state index is 0.631. The van der Waals surface area contributed by atoms with Crippen molar-refractivity contribution in [1.82, 2.24) is 4.98 Å². The van der Waals surface area contributed by atoms with Crippen molar-refractivity contribution in [2.24, 2.45) is 0 Å². The highest BCUT2D eigenvalue weighted by atomic mass is 35.5. The van der Waals surface area contributed by atoms with Crippen molar-refractivity contribution in [3.05, 3.63) is 52.8 Å². The lowest BCUT2D eigenvalue weighted by Crippen LogP contribution is -2.04. The van der Waals surface area contributed by atoms with Crippen molar-refractivity contribution in [2.45, 2.75) is 13.5 Å². The van der Waals surface area contributed by atoms with Crippen LogP contribution >= 0.6 is 11.6 Å². The van der Waals surface area contributed by atoms with Crippen LogP contribution in [0.15, 0.2) is 36.7 Å². The number of nitrogens with zero attached hydrogens (tertiary/aromatic N) is 1. The molecule has 0 saturated heterocycles. The molecule has 0 amide bonds. The van der Waals surface area contributed by atoms with Gasteiger partial charge in [-0.1, -0.05) is 17.7 Å². The van der Waals surface area contributed by atoms with Crippen LogP contribution in [0.5, 0.6) is 0 Å². The van der Waals surface area contributed by atoms with Gasteiger partial charge in [-0.15, -0.1) is 0 Å². The van der Waals surface area contributed by atoms with E-state index in [-0.39, 0.29) is 0 Å². The molecule has 0 spiro atoms. The molecule has 1 aromatic carbocycles. The van der Waals surface area contributed by atoms with Gasteiger partial charge in [-0.2, -0.15) is 0 Å². The largest absolute Gasteiger partial charge is 0.397 e. The Bertz CT molecular complexity index is 506. The normalized spacial score (nSPS) is 10.2. The van der Waals surface area contributed by atoms with E-state index < -0.39 is 0 Å². The first-order valence-electron chi connectivity index (χ1n) is 5.36. The molecule has 0 atom stereocenters. The Balaban J connectivity index is 2.16. The van der Waals surface area contributed by atoms with Crippen LogP contribution in [0, 0.1) is 6.92 Å². The molecule has 88 valence electrons. The highest BCUT2D eigenvalue weighted by Crippen LogP contribution is 2.28. The number of nitrogens with two attached hydrogens (primary N) is 1. The number of aromatic nitrogens is 1.